The standard InChI is InChI=1S/C50H31N3O/c1-3-12-32(13-4-1)34-16-11-17-38(28-34)49-40-19-7-9-20-44(40)51-50(52-49)53-45-21-10-8-18-39(45)41-29-36(22-25-46(41)53)37-24-27-48-43(31-37)42-30-35(23-26-47(42)54-48)33-14-5-2-6-15-33/h1-31H. The van der Waals surface area contributed by atoms with E-state index in [0.717, 1.165) is 82.6 Å². The molecule has 0 aliphatic rings. The Bertz CT molecular complexity index is 3210. The zero-order valence-electron chi connectivity index (χ0n) is 29.1. The van der Waals surface area contributed by atoms with Crippen molar-refractivity contribution in [2.75, 3.05) is 0 Å². The Morgan fingerprint density at radius 3 is 1.57 bits per heavy atom. The lowest BCUT2D eigenvalue weighted by Crippen LogP contribution is -2.03. The van der Waals surface area contributed by atoms with E-state index in [-0.39, 0.29) is 0 Å². The van der Waals surface area contributed by atoms with Gasteiger partial charge >= 0.3 is 0 Å². The first-order chi connectivity index (χ1) is 26.7. The molecule has 0 unspecified atom stereocenters. The molecule has 54 heavy (non-hydrogen) atoms. The van der Waals surface area contributed by atoms with Crippen LogP contribution < -0.4 is 0 Å². The van der Waals surface area contributed by atoms with E-state index in [9.17, 15) is 0 Å². The first-order valence-electron chi connectivity index (χ1n) is 18.2. The highest BCUT2D eigenvalue weighted by Crippen LogP contribution is 2.39. The molecular formula is C50H31N3O. The predicted octanol–water partition coefficient (Wildman–Crippen LogP) is 13.3. The molecule has 11 rings (SSSR count). The summed E-state index contributed by atoms with van der Waals surface area (Å²) in [7, 11) is 0. The molecule has 3 heterocycles. The van der Waals surface area contributed by atoms with E-state index >= 15 is 0 Å². The molecule has 4 nitrogen and oxygen atoms in total. The van der Waals surface area contributed by atoms with Crippen LogP contribution in [0.2, 0.25) is 0 Å². The van der Waals surface area contributed by atoms with Crippen LogP contribution in [0.25, 0.3) is 105 Å². The van der Waals surface area contributed by atoms with Crippen LogP contribution in [0.4, 0.5) is 0 Å². The number of hydrogen-bond donors (Lipinski definition) is 0. The summed E-state index contributed by atoms with van der Waals surface area (Å²) in [6, 6.07) is 66.2. The van der Waals surface area contributed by atoms with Crippen molar-refractivity contribution in [1.82, 2.24) is 14.5 Å². The molecule has 8 aromatic carbocycles. The highest BCUT2D eigenvalue weighted by molar-refractivity contribution is 6.11. The maximum atomic E-state index is 6.30. The third-order valence-electron chi connectivity index (χ3n) is 10.6. The maximum Gasteiger partial charge on any atom is 0.235 e. The number of aromatic nitrogens is 3. The summed E-state index contributed by atoms with van der Waals surface area (Å²) in [4.78, 5) is 10.5. The monoisotopic (exact) mass is 689 g/mol. The van der Waals surface area contributed by atoms with Crippen molar-refractivity contribution in [3.8, 4) is 50.6 Å². The molecule has 0 amide bonds. The van der Waals surface area contributed by atoms with Gasteiger partial charge in [0.1, 0.15) is 11.2 Å². The van der Waals surface area contributed by atoms with Gasteiger partial charge in [0, 0.05) is 32.5 Å². The van der Waals surface area contributed by atoms with Gasteiger partial charge in [-0.1, -0.05) is 133 Å². The van der Waals surface area contributed by atoms with Gasteiger partial charge in [-0.05, 0) is 88.0 Å². The Morgan fingerprint density at radius 2 is 0.852 bits per heavy atom. The molecule has 0 bridgehead atoms. The number of furan rings is 1. The minimum atomic E-state index is 0.647. The van der Waals surface area contributed by atoms with Crippen molar-refractivity contribution >= 4 is 54.6 Å². The molecule has 0 aliphatic carbocycles. The third kappa shape index (κ3) is 4.92. The van der Waals surface area contributed by atoms with Crippen molar-refractivity contribution in [2.24, 2.45) is 0 Å². The Balaban J connectivity index is 1.07. The van der Waals surface area contributed by atoms with Gasteiger partial charge in [-0.2, -0.15) is 0 Å². The quantitative estimate of drug-likeness (QED) is 0.181. The van der Waals surface area contributed by atoms with Gasteiger partial charge in [-0.15, -0.1) is 0 Å². The summed E-state index contributed by atoms with van der Waals surface area (Å²) >= 11 is 0. The lowest BCUT2D eigenvalue weighted by atomic mass is 9.99. The molecule has 3 aromatic heterocycles. The van der Waals surface area contributed by atoms with E-state index in [1.807, 2.05) is 18.2 Å². The fourth-order valence-electron chi connectivity index (χ4n) is 8.00. The van der Waals surface area contributed by atoms with Crippen molar-refractivity contribution in [3.63, 3.8) is 0 Å². The zero-order valence-corrected chi connectivity index (χ0v) is 29.1. The Hall–Kier alpha value is -7.30. The summed E-state index contributed by atoms with van der Waals surface area (Å²) in [6.07, 6.45) is 0. The molecule has 0 saturated carbocycles. The van der Waals surface area contributed by atoms with Crippen LogP contribution in [0.3, 0.4) is 0 Å². The van der Waals surface area contributed by atoms with Gasteiger partial charge in [-0.25, -0.2) is 9.97 Å². The summed E-state index contributed by atoms with van der Waals surface area (Å²) in [6.45, 7) is 0. The highest BCUT2D eigenvalue weighted by Gasteiger charge is 2.19. The van der Waals surface area contributed by atoms with Crippen LogP contribution in [0.5, 0.6) is 0 Å². The van der Waals surface area contributed by atoms with Crippen molar-refractivity contribution < 1.29 is 4.42 Å². The van der Waals surface area contributed by atoms with Crippen LogP contribution in [0.1, 0.15) is 0 Å². The van der Waals surface area contributed by atoms with Gasteiger partial charge in [0.05, 0.1) is 22.2 Å². The number of rotatable bonds is 5. The normalized spacial score (nSPS) is 11.7. The molecule has 0 fully saturated rings. The van der Waals surface area contributed by atoms with E-state index in [1.54, 1.807) is 0 Å². The SMILES string of the molecule is c1ccc(-c2cccc(-c3nc(-n4c5ccccc5c5cc(-c6ccc7oc8ccc(-c9ccccc9)cc8c7c6)ccc54)nc4ccccc34)c2)cc1. The number of fused-ring (bicyclic) bond motifs is 7. The zero-order chi connectivity index (χ0) is 35.6. The lowest BCUT2D eigenvalue weighted by molar-refractivity contribution is 0.669. The van der Waals surface area contributed by atoms with Crippen LogP contribution in [0.15, 0.2) is 192 Å². The molecule has 0 N–H and O–H groups in total. The van der Waals surface area contributed by atoms with Crippen molar-refractivity contribution in [2.45, 2.75) is 0 Å². The fourth-order valence-corrected chi connectivity index (χ4v) is 8.00. The van der Waals surface area contributed by atoms with Crippen LogP contribution >= 0.6 is 0 Å². The first-order valence-corrected chi connectivity index (χ1v) is 18.2. The summed E-state index contributed by atoms with van der Waals surface area (Å²) < 4.78 is 8.51. The Labute approximate surface area is 311 Å². The summed E-state index contributed by atoms with van der Waals surface area (Å²) in [5.41, 5.74) is 13.7. The smallest absolute Gasteiger partial charge is 0.235 e. The molecule has 0 atom stereocenters. The lowest BCUT2D eigenvalue weighted by Gasteiger charge is -2.13. The Kier molecular flexibility index (Phi) is 6.82. The third-order valence-corrected chi connectivity index (χ3v) is 10.6. The van der Waals surface area contributed by atoms with E-state index in [1.165, 1.54) is 16.7 Å². The van der Waals surface area contributed by atoms with E-state index in [4.69, 9.17) is 14.4 Å². The number of hydrogen-bond acceptors (Lipinski definition) is 3. The van der Waals surface area contributed by atoms with Gasteiger partial charge < -0.3 is 4.42 Å². The number of nitrogens with zero attached hydrogens (tertiary/aromatic N) is 3. The highest BCUT2D eigenvalue weighted by atomic mass is 16.3. The van der Waals surface area contributed by atoms with Gasteiger partial charge in [0.2, 0.25) is 5.95 Å². The molecular weight excluding hydrogens is 659 g/mol. The maximum absolute atomic E-state index is 6.30. The van der Waals surface area contributed by atoms with E-state index in [2.05, 4.69) is 174 Å². The first kappa shape index (κ1) is 30.3. The topological polar surface area (TPSA) is 43.9 Å². The number of benzene rings is 8. The fraction of sp³-hybridized carbons (Fsp3) is 0. The second-order valence-electron chi connectivity index (χ2n) is 13.8. The Morgan fingerprint density at radius 1 is 0.333 bits per heavy atom. The van der Waals surface area contributed by atoms with E-state index in [0.29, 0.717) is 5.95 Å². The molecule has 0 radical (unpaired) electrons. The minimum Gasteiger partial charge on any atom is -0.456 e. The largest absolute Gasteiger partial charge is 0.456 e. The van der Waals surface area contributed by atoms with Crippen molar-refractivity contribution in [3.05, 3.63) is 188 Å². The van der Waals surface area contributed by atoms with Gasteiger partial charge in [0.15, 0.2) is 0 Å². The predicted molar refractivity (Wildman–Crippen MR) is 223 cm³/mol. The average molecular weight is 690 g/mol. The minimum absolute atomic E-state index is 0.647. The molecule has 11 aromatic rings. The summed E-state index contributed by atoms with van der Waals surface area (Å²) in [5, 5.41) is 5.55. The summed E-state index contributed by atoms with van der Waals surface area (Å²) in [5.74, 6) is 0.647. The molecule has 0 saturated heterocycles. The second-order valence-corrected chi connectivity index (χ2v) is 13.8. The number of para-hydroxylation sites is 2. The van der Waals surface area contributed by atoms with E-state index < -0.39 is 0 Å². The van der Waals surface area contributed by atoms with Crippen LogP contribution in [-0.2, 0) is 0 Å². The molecule has 4 heteroatoms. The van der Waals surface area contributed by atoms with Gasteiger partial charge in [-0.3, -0.25) is 4.57 Å². The van der Waals surface area contributed by atoms with Crippen molar-refractivity contribution in [1.29, 1.82) is 0 Å². The molecule has 0 aliphatic heterocycles. The van der Waals surface area contributed by atoms with Crippen LogP contribution in [-0.4, -0.2) is 14.5 Å². The molecule has 252 valence electrons. The van der Waals surface area contributed by atoms with Gasteiger partial charge in [0.25, 0.3) is 0 Å². The molecule has 0 spiro atoms. The second kappa shape index (κ2) is 12.1. The average Bonchev–Trinajstić information content (AvgIpc) is 3.78. The van der Waals surface area contributed by atoms with Crippen LogP contribution in [0, 0.1) is 0 Å².